The summed E-state index contributed by atoms with van der Waals surface area (Å²) in [5.41, 5.74) is 6.89. The molecule has 2 heterocycles. The molecule has 1 aromatic carbocycles. The third kappa shape index (κ3) is 1.74. The molecule has 0 amide bonds. The van der Waals surface area contributed by atoms with Crippen LogP contribution in [-0.2, 0) is 4.74 Å². The minimum absolute atomic E-state index is 0.176. The summed E-state index contributed by atoms with van der Waals surface area (Å²) in [6, 6.07) is 7.83. The van der Waals surface area contributed by atoms with Gasteiger partial charge in [0, 0.05) is 17.9 Å². The predicted octanol–water partition coefficient (Wildman–Crippen LogP) is 2.10. The SMILES string of the molecule is CC1OCCC1c1nc(N)c2ccccc2n1. The summed E-state index contributed by atoms with van der Waals surface area (Å²) in [7, 11) is 0. The molecule has 0 aliphatic carbocycles. The molecule has 88 valence electrons. The summed E-state index contributed by atoms with van der Waals surface area (Å²) in [5, 5.41) is 0.919. The van der Waals surface area contributed by atoms with Crippen molar-refractivity contribution in [1.82, 2.24) is 9.97 Å². The maximum atomic E-state index is 5.98. The van der Waals surface area contributed by atoms with Crippen molar-refractivity contribution in [3.05, 3.63) is 30.1 Å². The Hall–Kier alpha value is -1.68. The molecular weight excluding hydrogens is 214 g/mol. The average Bonchev–Trinajstić information content (AvgIpc) is 2.75. The Bertz CT molecular complexity index is 555. The Kier molecular flexibility index (Phi) is 2.44. The van der Waals surface area contributed by atoms with Crippen LogP contribution < -0.4 is 5.73 Å². The van der Waals surface area contributed by atoms with E-state index in [2.05, 4.69) is 16.9 Å². The van der Waals surface area contributed by atoms with Crippen LogP contribution in [0.4, 0.5) is 5.82 Å². The predicted molar refractivity (Wildman–Crippen MR) is 66.7 cm³/mol. The van der Waals surface area contributed by atoms with Gasteiger partial charge in [0.1, 0.15) is 11.6 Å². The summed E-state index contributed by atoms with van der Waals surface area (Å²) < 4.78 is 5.55. The molecule has 0 saturated carbocycles. The van der Waals surface area contributed by atoms with Crippen LogP contribution in [0.2, 0.25) is 0 Å². The molecule has 1 aliphatic heterocycles. The number of hydrogen-bond acceptors (Lipinski definition) is 4. The number of nitrogens with zero attached hydrogens (tertiary/aromatic N) is 2. The second-order valence-electron chi connectivity index (χ2n) is 4.46. The molecular formula is C13H15N3O. The number of hydrogen-bond donors (Lipinski definition) is 1. The summed E-state index contributed by atoms with van der Waals surface area (Å²) in [5.74, 6) is 1.64. The Balaban J connectivity index is 2.12. The van der Waals surface area contributed by atoms with Crippen LogP contribution >= 0.6 is 0 Å². The van der Waals surface area contributed by atoms with Gasteiger partial charge in [0.05, 0.1) is 11.6 Å². The molecule has 2 N–H and O–H groups in total. The number of aromatic nitrogens is 2. The van der Waals surface area contributed by atoms with Gasteiger partial charge < -0.3 is 10.5 Å². The molecule has 2 aromatic rings. The van der Waals surface area contributed by atoms with Crippen LogP contribution in [0.25, 0.3) is 10.9 Å². The monoisotopic (exact) mass is 229 g/mol. The van der Waals surface area contributed by atoms with Crippen LogP contribution in [0.1, 0.15) is 25.1 Å². The fraction of sp³-hybridized carbons (Fsp3) is 0.385. The summed E-state index contributed by atoms with van der Waals surface area (Å²) >= 11 is 0. The van der Waals surface area contributed by atoms with E-state index in [4.69, 9.17) is 10.5 Å². The van der Waals surface area contributed by atoms with Gasteiger partial charge in [-0.15, -0.1) is 0 Å². The number of para-hydroxylation sites is 1. The van der Waals surface area contributed by atoms with Crippen LogP contribution in [-0.4, -0.2) is 22.7 Å². The molecule has 0 spiro atoms. The largest absolute Gasteiger partial charge is 0.383 e. The Labute approximate surface area is 99.8 Å². The molecule has 3 rings (SSSR count). The number of nitrogen functional groups attached to an aromatic ring is 1. The molecule has 1 aromatic heterocycles. The van der Waals surface area contributed by atoms with Crippen LogP contribution in [0, 0.1) is 0 Å². The molecule has 17 heavy (non-hydrogen) atoms. The zero-order valence-corrected chi connectivity index (χ0v) is 9.76. The topological polar surface area (TPSA) is 61.0 Å². The molecule has 4 nitrogen and oxygen atoms in total. The van der Waals surface area contributed by atoms with Gasteiger partial charge in [0.15, 0.2) is 0 Å². The highest BCUT2D eigenvalue weighted by molar-refractivity contribution is 5.87. The van der Waals surface area contributed by atoms with E-state index < -0.39 is 0 Å². The first-order valence-electron chi connectivity index (χ1n) is 5.89. The van der Waals surface area contributed by atoms with Gasteiger partial charge in [-0.3, -0.25) is 0 Å². The maximum Gasteiger partial charge on any atom is 0.137 e. The lowest BCUT2D eigenvalue weighted by Gasteiger charge is -2.13. The smallest absolute Gasteiger partial charge is 0.137 e. The lowest BCUT2D eigenvalue weighted by molar-refractivity contribution is 0.117. The second kappa shape index (κ2) is 3.96. The van der Waals surface area contributed by atoms with Gasteiger partial charge in [-0.1, -0.05) is 12.1 Å². The van der Waals surface area contributed by atoms with Crippen molar-refractivity contribution in [2.45, 2.75) is 25.4 Å². The van der Waals surface area contributed by atoms with Crippen molar-refractivity contribution in [3.8, 4) is 0 Å². The fourth-order valence-corrected chi connectivity index (χ4v) is 2.36. The zero-order valence-electron chi connectivity index (χ0n) is 9.76. The Morgan fingerprint density at radius 2 is 2.12 bits per heavy atom. The van der Waals surface area contributed by atoms with Crippen LogP contribution in [0.15, 0.2) is 24.3 Å². The minimum atomic E-state index is 0.176. The highest BCUT2D eigenvalue weighted by atomic mass is 16.5. The first-order chi connectivity index (χ1) is 8.25. The number of fused-ring (bicyclic) bond motifs is 1. The molecule has 0 radical (unpaired) electrons. The van der Waals surface area contributed by atoms with Crippen molar-refractivity contribution in [2.24, 2.45) is 0 Å². The number of ether oxygens (including phenoxy) is 1. The normalized spacial score (nSPS) is 24.3. The number of rotatable bonds is 1. The van der Waals surface area contributed by atoms with E-state index in [1.165, 1.54) is 0 Å². The Morgan fingerprint density at radius 3 is 2.88 bits per heavy atom. The van der Waals surface area contributed by atoms with E-state index in [-0.39, 0.29) is 12.0 Å². The van der Waals surface area contributed by atoms with Gasteiger partial charge in [-0.2, -0.15) is 0 Å². The van der Waals surface area contributed by atoms with Gasteiger partial charge in [-0.05, 0) is 25.5 Å². The van der Waals surface area contributed by atoms with Crippen molar-refractivity contribution in [2.75, 3.05) is 12.3 Å². The zero-order chi connectivity index (χ0) is 11.8. The van der Waals surface area contributed by atoms with Crippen LogP contribution in [0.3, 0.4) is 0 Å². The summed E-state index contributed by atoms with van der Waals surface area (Å²) in [6.07, 6.45) is 1.15. The molecule has 1 fully saturated rings. The summed E-state index contributed by atoms with van der Waals surface area (Å²) in [6.45, 7) is 2.84. The third-order valence-electron chi connectivity index (χ3n) is 3.36. The first kappa shape index (κ1) is 10.5. The van der Waals surface area contributed by atoms with Crippen molar-refractivity contribution in [3.63, 3.8) is 0 Å². The lowest BCUT2D eigenvalue weighted by Crippen LogP contribution is -2.13. The number of nitrogens with two attached hydrogens (primary N) is 1. The van der Waals surface area contributed by atoms with Gasteiger partial charge in [0.2, 0.25) is 0 Å². The van der Waals surface area contributed by atoms with Crippen LogP contribution in [0.5, 0.6) is 0 Å². The highest BCUT2D eigenvalue weighted by Gasteiger charge is 2.28. The number of anilines is 1. The van der Waals surface area contributed by atoms with Crippen molar-refractivity contribution < 1.29 is 4.74 Å². The quantitative estimate of drug-likeness (QED) is 0.813. The highest BCUT2D eigenvalue weighted by Crippen LogP contribution is 2.30. The molecule has 0 bridgehead atoms. The molecule has 2 atom stereocenters. The Morgan fingerprint density at radius 1 is 1.29 bits per heavy atom. The molecule has 1 aliphatic rings. The average molecular weight is 229 g/mol. The van der Waals surface area contributed by atoms with Gasteiger partial charge in [0.25, 0.3) is 0 Å². The standard InChI is InChI=1S/C13H15N3O/c1-8-9(6-7-17-8)13-15-11-5-3-2-4-10(11)12(14)16-13/h2-5,8-9H,6-7H2,1H3,(H2,14,15,16). The molecule has 4 heteroatoms. The van der Waals surface area contributed by atoms with Crippen molar-refractivity contribution in [1.29, 1.82) is 0 Å². The maximum absolute atomic E-state index is 5.98. The van der Waals surface area contributed by atoms with E-state index in [0.29, 0.717) is 5.82 Å². The van der Waals surface area contributed by atoms with E-state index in [1.807, 2.05) is 24.3 Å². The summed E-state index contributed by atoms with van der Waals surface area (Å²) in [4.78, 5) is 9.02. The first-order valence-corrected chi connectivity index (χ1v) is 5.89. The lowest BCUT2D eigenvalue weighted by atomic mass is 10.0. The third-order valence-corrected chi connectivity index (χ3v) is 3.36. The van der Waals surface area contributed by atoms with Gasteiger partial charge >= 0.3 is 0 Å². The number of benzene rings is 1. The second-order valence-corrected chi connectivity index (χ2v) is 4.46. The molecule has 1 saturated heterocycles. The van der Waals surface area contributed by atoms with E-state index in [1.54, 1.807) is 0 Å². The molecule has 2 unspecified atom stereocenters. The van der Waals surface area contributed by atoms with Crippen molar-refractivity contribution >= 4 is 16.7 Å². The minimum Gasteiger partial charge on any atom is -0.383 e. The van der Waals surface area contributed by atoms with Gasteiger partial charge in [-0.25, -0.2) is 9.97 Å². The van der Waals surface area contributed by atoms with E-state index >= 15 is 0 Å². The fourth-order valence-electron chi connectivity index (χ4n) is 2.36. The van der Waals surface area contributed by atoms with E-state index in [9.17, 15) is 0 Å². The van der Waals surface area contributed by atoms with E-state index in [0.717, 1.165) is 29.8 Å².